The van der Waals surface area contributed by atoms with Crippen molar-refractivity contribution in [3.8, 4) is 6.07 Å². The number of nitrogens with zero attached hydrogens (tertiary/aromatic N) is 2. The molecule has 0 atom stereocenters. The number of fused-ring (bicyclic) bond motifs is 1. The summed E-state index contributed by atoms with van der Waals surface area (Å²) in [5.74, 6) is 0.646. The van der Waals surface area contributed by atoms with Gasteiger partial charge < -0.3 is 4.98 Å². The van der Waals surface area contributed by atoms with Crippen LogP contribution in [0, 0.1) is 11.3 Å². The van der Waals surface area contributed by atoms with Crippen molar-refractivity contribution in [2.45, 2.75) is 0 Å². The standard InChI is InChI=1S/C12H7N3S2/c13-7-8(12-16-5-6-17-12)11-14-9-3-1-2-4-10(9)15-11/h1-6H,(H,14,15). The molecule has 1 aliphatic rings. The summed E-state index contributed by atoms with van der Waals surface area (Å²) in [6.07, 6.45) is 0. The van der Waals surface area contributed by atoms with E-state index in [0.717, 1.165) is 15.3 Å². The van der Waals surface area contributed by atoms with Crippen LogP contribution in [0.3, 0.4) is 0 Å². The van der Waals surface area contributed by atoms with Crippen molar-refractivity contribution in [3.63, 3.8) is 0 Å². The molecule has 0 amide bonds. The predicted octanol–water partition coefficient (Wildman–Crippen LogP) is 3.71. The van der Waals surface area contributed by atoms with Gasteiger partial charge in [0.15, 0.2) is 5.82 Å². The zero-order valence-corrected chi connectivity index (χ0v) is 10.3. The minimum absolute atomic E-state index is 0.612. The van der Waals surface area contributed by atoms with Crippen molar-refractivity contribution in [3.05, 3.63) is 45.1 Å². The molecule has 1 aromatic carbocycles. The van der Waals surface area contributed by atoms with Crippen molar-refractivity contribution in [1.29, 1.82) is 5.26 Å². The summed E-state index contributed by atoms with van der Waals surface area (Å²) < 4.78 is 0.978. The monoisotopic (exact) mass is 257 g/mol. The zero-order chi connectivity index (χ0) is 11.7. The largest absolute Gasteiger partial charge is 0.337 e. The first kappa shape index (κ1) is 10.5. The van der Waals surface area contributed by atoms with Crippen LogP contribution in [0.25, 0.3) is 16.6 Å². The fraction of sp³-hybridized carbons (Fsp3) is 0. The number of nitrogens with one attached hydrogen (secondary N) is 1. The molecule has 0 bridgehead atoms. The Morgan fingerprint density at radius 2 is 2.00 bits per heavy atom. The van der Waals surface area contributed by atoms with Crippen molar-refractivity contribution in [1.82, 2.24) is 9.97 Å². The van der Waals surface area contributed by atoms with Crippen LogP contribution in [0.4, 0.5) is 0 Å². The average molecular weight is 257 g/mol. The Morgan fingerprint density at radius 1 is 1.24 bits per heavy atom. The SMILES string of the molecule is N#CC(=C1SC=CS1)c1nc2ccccc2[nH]1. The Labute approximate surface area is 107 Å². The summed E-state index contributed by atoms with van der Waals surface area (Å²) in [5, 5.41) is 13.2. The molecule has 2 heterocycles. The molecule has 0 saturated heterocycles. The van der Waals surface area contributed by atoms with Gasteiger partial charge in [-0.05, 0) is 22.9 Å². The summed E-state index contributed by atoms with van der Waals surface area (Å²) in [5.41, 5.74) is 2.45. The summed E-state index contributed by atoms with van der Waals surface area (Å²) in [6, 6.07) is 10.0. The van der Waals surface area contributed by atoms with Crippen LogP contribution in [0.2, 0.25) is 0 Å². The van der Waals surface area contributed by atoms with Crippen LogP contribution in [0.1, 0.15) is 5.82 Å². The fourth-order valence-corrected chi connectivity index (χ4v) is 3.36. The summed E-state index contributed by atoms with van der Waals surface area (Å²) >= 11 is 3.12. The van der Waals surface area contributed by atoms with E-state index in [-0.39, 0.29) is 0 Å². The molecule has 0 unspecified atom stereocenters. The Kier molecular flexibility index (Phi) is 2.67. The first-order valence-corrected chi connectivity index (χ1v) is 6.72. The van der Waals surface area contributed by atoms with E-state index in [4.69, 9.17) is 0 Å². The van der Waals surface area contributed by atoms with E-state index in [9.17, 15) is 5.26 Å². The summed E-state index contributed by atoms with van der Waals surface area (Å²) in [6.45, 7) is 0. The first-order chi connectivity index (χ1) is 8.38. The number of hydrogen-bond donors (Lipinski definition) is 1. The second-order valence-electron chi connectivity index (χ2n) is 3.38. The summed E-state index contributed by atoms with van der Waals surface area (Å²) in [7, 11) is 0. The lowest BCUT2D eigenvalue weighted by Gasteiger charge is -1.97. The van der Waals surface area contributed by atoms with Crippen LogP contribution in [0.15, 0.2) is 39.3 Å². The van der Waals surface area contributed by atoms with Gasteiger partial charge in [0.1, 0.15) is 11.6 Å². The number of thioether (sulfide) groups is 2. The van der Waals surface area contributed by atoms with E-state index < -0.39 is 0 Å². The topological polar surface area (TPSA) is 52.5 Å². The lowest BCUT2D eigenvalue weighted by molar-refractivity contribution is 1.27. The number of H-pyrrole nitrogens is 1. The smallest absolute Gasteiger partial charge is 0.150 e. The Bertz CT molecular complexity index is 633. The van der Waals surface area contributed by atoms with Gasteiger partial charge in [0.2, 0.25) is 0 Å². The van der Waals surface area contributed by atoms with Gasteiger partial charge in [-0.3, -0.25) is 0 Å². The number of imidazole rings is 1. The van der Waals surface area contributed by atoms with Gasteiger partial charge >= 0.3 is 0 Å². The van der Waals surface area contributed by atoms with Gasteiger partial charge in [-0.15, -0.1) is 0 Å². The third-order valence-corrected chi connectivity index (χ3v) is 4.48. The van der Waals surface area contributed by atoms with Crippen LogP contribution >= 0.6 is 23.5 Å². The van der Waals surface area contributed by atoms with Gasteiger partial charge in [0, 0.05) is 0 Å². The highest BCUT2D eigenvalue weighted by atomic mass is 32.2. The quantitative estimate of drug-likeness (QED) is 0.791. The van der Waals surface area contributed by atoms with Crippen molar-refractivity contribution >= 4 is 40.1 Å². The van der Waals surface area contributed by atoms with Crippen LogP contribution in [-0.2, 0) is 0 Å². The van der Waals surface area contributed by atoms with E-state index >= 15 is 0 Å². The van der Waals surface area contributed by atoms with Gasteiger partial charge in [-0.1, -0.05) is 35.7 Å². The third kappa shape index (κ3) is 1.86. The van der Waals surface area contributed by atoms with Crippen LogP contribution < -0.4 is 0 Å². The molecule has 5 heteroatoms. The van der Waals surface area contributed by atoms with Crippen molar-refractivity contribution in [2.75, 3.05) is 0 Å². The molecule has 82 valence electrons. The normalized spacial score (nSPS) is 14.2. The summed E-state index contributed by atoms with van der Waals surface area (Å²) in [4.78, 5) is 7.62. The average Bonchev–Trinajstić information content (AvgIpc) is 2.98. The lowest BCUT2D eigenvalue weighted by atomic mass is 10.3. The van der Waals surface area contributed by atoms with E-state index in [2.05, 4.69) is 16.0 Å². The number of allylic oxidation sites excluding steroid dienone is 1. The van der Waals surface area contributed by atoms with Gasteiger partial charge in [-0.25, -0.2) is 4.98 Å². The number of nitriles is 1. The molecular formula is C12H7N3S2. The van der Waals surface area contributed by atoms with Gasteiger partial charge in [0.05, 0.1) is 15.3 Å². The highest BCUT2D eigenvalue weighted by molar-refractivity contribution is 8.27. The van der Waals surface area contributed by atoms with E-state index in [1.807, 2.05) is 35.1 Å². The number of aromatic amines is 1. The molecule has 2 aromatic rings. The molecule has 3 rings (SSSR count). The number of rotatable bonds is 1. The minimum atomic E-state index is 0.612. The maximum absolute atomic E-state index is 9.24. The predicted molar refractivity (Wildman–Crippen MR) is 72.9 cm³/mol. The lowest BCUT2D eigenvalue weighted by Crippen LogP contribution is -1.85. The fourth-order valence-electron chi connectivity index (χ4n) is 1.59. The molecule has 0 saturated carbocycles. The Morgan fingerprint density at radius 3 is 2.71 bits per heavy atom. The molecule has 1 aromatic heterocycles. The Hall–Kier alpha value is -1.64. The molecule has 0 spiro atoms. The molecule has 1 N–H and O–H groups in total. The van der Waals surface area contributed by atoms with E-state index in [0.29, 0.717) is 11.4 Å². The number of aromatic nitrogens is 2. The molecule has 0 aliphatic carbocycles. The van der Waals surface area contributed by atoms with Crippen molar-refractivity contribution in [2.24, 2.45) is 0 Å². The molecule has 17 heavy (non-hydrogen) atoms. The van der Waals surface area contributed by atoms with Gasteiger partial charge in [-0.2, -0.15) is 5.26 Å². The number of hydrogen-bond acceptors (Lipinski definition) is 4. The number of benzene rings is 1. The van der Waals surface area contributed by atoms with E-state index in [1.165, 1.54) is 0 Å². The minimum Gasteiger partial charge on any atom is -0.337 e. The second-order valence-corrected chi connectivity index (χ2v) is 5.48. The molecular weight excluding hydrogens is 250 g/mol. The highest BCUT2D eigenvalue weighted by Gasteiger charge is 2.15. The number of para-hydroxylation sites is 2. The maximum Gasteiger partial charge on any atom is 0.150 e. The molecule has 0 fully saturated rings. The van der Waals surface area contributed by atoms with E-state index in [1.54, 1.807) is 23.5 Å². The molecule has 1 aliphatic heterocycles. The maximum atomic E-state index is 9.24. The van der Waals surface area contributed by atoms with Crippen molar-refractivity contribution < 1.29 is 0 Å². The molecule has 3 nitrogen and oxygen atoms in total. The third-order valence-electron chi connectivity index (χ3n) is 2.35. The zero-order valence-electron chi connectivity index (χ0n) is 8.68. The highest BCUT2D eigenvalue weighted by Crippen LogP contribution is 2.42. The van der Waals surface area contributed by atoms with Crippen LogP contribution in [0.5, 0.6) is 0 Å². The van der Waals surface area contributed by atoms with Gasteiger partial charge in [0.25, 0.3) is 0 Å². The Balaban J connectivity index is 2.14. The second kappa shape index (κ2) is 4.32. The molecule has 0 radical (unpaired) electrons. The van der Waals surface area contributed by atoms with Crippen LogP contribution in [-0.4, -0.2) is 9.97 Å². The first-order valence-electron chi connectivity index (χ1n) is 4.96.